The Balaban J connectivity index is 1.64. The first-order valence-electron chi connectivity index (χ1n) is 7.21. The number of carbonyl (C=O) groups is 1. The van der Waals surface area contributed by atoms with Gasteiger partial charge in [0.15, 0.2) is 15.6 Å². The van der Waals surface area contributed by atoms with Crippen molar-refractivity contribution in [3.63, 3.8) is 0 Å². The molecule has 0 unspecified atom stereocenters. The predicted molar refractivity (Wildman–Crippen MR) is 99.4 cm³/mol. The van der Waals surface area contributed by atoms with Gasteiger partial charge in [-0.25, -0.2) is 4.98 Å². The molecule has 24 heavy (non-hydrogen) atoms. The number of nitrogens with zero attached hydrogens (tertiary/aromatic N) is 1. The molecule has 4 rings (SSSR count). The van der Waals surface area contributed by atoms with Crippen LogP contribution in [0.15, 0.2) is 69.1 Å². The van der Waals surface area contributed by atoms with Gasteiger partial charge in [-0.3, -0.25) is 10.1 Å². The smallest absolute Gasteiger partial charge is 0.293 e. The SMILES string of the molecule is O=C(Nc1nc(-c2cccc3ccccc23)cs1)c1ccc(Br)o1. The third kappa shape index (κ3) is 2.86. The van der Waals surface area contributed by atoms with Gasteiger partial charge in [0, 0.05) is 10.9 Å². The Kier molecular flexibility index (Phi) is 3.92. The van der Waals surface area contributed by atoms with E-state index in [1.807, 2.05) is 29.6 Å². The molecule has 4 aromatic rings. The van der Waals surface area contributed by atoms with Gasteiger partial charge in [-0.2, -0.15) is 0 Å². The third-order valence-electron chi connectivity index (χ3n) is 3.59. The largest absolute Gasteiger partial charge is 0.444 e. The number of halogens is 1. The van der Waals surface area contributed by atoms with Gasteiger partial charge in [-0.05, 0) is 38.8 Å². The number of hydrogen-bond acceptors (Lipinski definition) is 4. The summed E-state index contributed by atoms with van der Waals surface area (Å²) < 4.78 is 5.76. The highest BCUT2D eigenvalue weighted by atomic mass is 79.9. The Morgan fingerprint density at radius 3 is 2.75 bits per heavy atom. The van der Waals surface area contributed by atoms with E-state index in [0.29, 0.717) is 9.80 Å². The van der Waals surface area contributed by atoms with E-state index in [2.05, 4.69) is 44.4 Å². The van der Waals surface area contributed by atoms with Crippen LogP contribution in [-0.2, 0) is 0 Å². The number of benzene rings is 2. The molecule has 0 aliphatic rings. The lowest BCUT2D eigenvalue weighted by Crippen LogP contribution is -2.10. The number of thiazole rings is 1. The number of furan rings is 1. The number of amides is 1. The molecule has 2 aromatic carbocycles. The molecule has 0 bridgehead atoms. The van der Waals surface area contributed by atoms with Crippen molar-refractivity contribution in [3.05, 3.63) is 70.4 Å². The summed E-state index contributed by atoms with van der Waals surface area (Å²) in [4.78, 5) is 16.7. The molecule has 118 valence electrons. The van der Waals surface area contributed by atoms with E-state index in [1.165, 1.54) is 11.3 Å². The van der Waals surface area contributed by atoms with E-state index in [1.54, 1.807) is 12.1 Å². The lowest BCUT2D eigenvalue weighted by atomic mass is 10.0. The number of rotatable bonds is 3. The van der Waals surface area contributed by atoms with Gasteiger partial charge in [0.1, 0.15) is 0 Å². The molecule has 2 heterocycles. The van der Waals surface area contributed by atoms with Crippen molar-refractivity contribution >= 4 is 49.1 Å². The van der Waals surface area contributed by atoms with Crippen LogP contribution in [0.4, 0.5) is 5.13 Å². The van der Waals surface area contributed by atoms with Crippen molar-refractivity contribution in [2.24, 2.45) is 0 Å². The fraction of sp³-hybridized carbons (Fsp3) is 0. The summed E-state index contributed by atoms with van der Waals surface area (Å²) >= 11 is 4.57. The van der Waals surface area contributed by atoms with Crippen molar-refractivity contribution in [1.29, 1.82) is 0 Å². The number of fused-ring (bicyclic) bond motifs is 1. The van der Waals surface area contributed by atoms with E-state index < -0.39 is 0 Å². The lowest BCUT2D eigenvalue weighted by Gasteiger charge is -2.03. The molecule has 2 aromatic heterocycles. The van der Waals surface area contributed by atoms with Gasteiger partial charge < -0.3 is 4.42 Å². The first-order valence-corrected chi connectivity index (χ1v) is 8.88. The van der Waals surface area contributed by atoms with Crippen LogP contribution < -0.4 is 5.32 Å². The molecular formula is C18H11BrN2O2S. The molecule has 0 saturated carbocycles. The molecule has 6 heteroatoms. The Labute approximate surface area is 150 Å². The maximum atomic E-state index is 12.1. The summed E-state index contributed by atoms with van der Waals surface area (Å²) in [7, 11) is 0. The Morgan fingerprint density at radius 2 is 1.92 bits per heavy atom. The number of anilines is 1. The lowest BCUT2D eigenvalue weighted by molar-refractivity contribution is 0.0995. The van der Waals surface area contributed by atoms with Crippen LogP contribution in [0.3, 0.4) is 0 Å². The average Bonchev–Trinajstić information content (AvgIpc) is 3.23. The molecule has 1 N–H and O–H groups in total. The molecule has 0 saturated heterocycles. The summed E-state index contributed by atoms with van der Waals surface area (Å²) in [6.45, 7) is 0. The van der Waals surface area contributed by atoms with Gasteiger partial charge in [0.25, 0.3) is 5.91 Å². The van der Waals surface area contributed by atoms with Gasteiger partial charge in [0.05, 0.1) is 5.69 Å². The number of hydrogen-bond donors (Lipinski definition) is 1. The van der Waals surface area contributed by atoms with Crippen LogP contribution in [0.1, 0.15) is 10.6 Å². The zero-order valence-corrected chi connectivity index (χ0v) is 14.7. The minimum Gasteiger partial charge on any atom is -0.444 e. The number of aromatic nitrogens is 1. The molecule has 0 atom stereocenters. The first kappa shape index (κ1) is 15.1. The fourth-order valence-electron chi connectivity index (χ4n) is 2.50. The molecule has 0 spiro atoms. The fourth-order valence-corrected chi connectivity index (χ4v) is 3.51. The topological polar surface area (TPSA) is 55.1 Å². The maximum Gasteiger partial charge on any atom is 0.293 e. The van der Waals surface area contributed by atoms with Crippen molar-refractivity contribution in [2.45, 2.75) is 0 Å². The summed E-state index contributed by atoms with van der Waals surface area (Å²) in [5, 5.41) is 7.54. The van der Waals surface area contributed by atoms with E-state index in [-0.39, 0.29) is 11.7 Å². The highest BCUT2D eigenvalue weighted by Crippen LogP contribution is 2.31. The maximum absolute atomic E-state index is 12.1. The third-order valence-corrected chi connectivity index (χ3v) is 4.77. The monoisotopic (exact) mass is 398 g/mol. The highest BCUT2D eigenvalue weighted by molar-refractivity contribution is 9.10. The van der Waals surface area contributed by atoms with Gasteiger partial charge in [0.2, 0.25) is 0 Å². The quantitative estimate of drug-likeness (QED) is 0.490. The van der Waals surface area contributed by atoms with Crippen LogP contribution >= 0.6 is 27.3 Å². The molecule has 0 aliphatic heterocycles. The van der Waals surface area contributed by atoms with Gasteiger partial charge in [-0.15, -0.1) is 11.3 Å². The Morgan fingerprint density at radius 1 is 1.08 bits per heavy atom. The second-order valence-electron chi connectivity index (χ2n) is 5.12. The van der Waals surface area contributed by atoms with Crippen LogP contribution in [0.2, 0.25) is 0 Å². The number of carbonyl (C=O) groups excluding carboxylic acids is 1. The molecule has 4 nitrogen and oxygen atoms in total. The van der Waals surface area contributed by atoms with E-state index in [9.17, 15) is 4.79 Å². The standard InChI is InChI=1S/C18H11BrN2O2S/c19-16-9-8-15(23-16)17(22)21-18-20-14(10-24-18)13-7-3-5-11-4-1-2-6-12(11)13/h1-10H,(H,20,21,22). The Hall–Kier alpha value is -2.44. The zero-order chi connectivity index (χ0) is 16.5. The van der Waals surface area contributed by atoms with E-state index in [0.717, 1.165) is 22.0 Å². The van der Waals surface area contributed by atoms with Crippen molar-refractivity contribution in [3.8, 4) is 11.3 Å². The summed E-state index contributed by atoms with van der Waals surface area (Å²) in [6, 6.07) is 17.6. The normalized spacial score (nSPS) is 10.9. The summed E-state index contributed by atoms with van der Waals surface area (Å²) in [6.07, 6.45) is 0. The summed E-state index contributed by atoms with van der Waals surface area (Å²) in [5.74, 6) is -0.0803. The van der Waals surface area contributed by atoms with Crippen molar-refractivity contribution in [2.75, 3.05) is 5.32 Å². The van der Waals surface area contributed by atoms with Crippen LogP contribution in [0, 0.1) is 0 Å². The van der Waals surface area contributed by atoms with Gasteiger partial charge in [-0.1, -0.05) is 42.5 Å². The van der Waals surface area contributed by atoms with Crippen LogP contribution in [-0.4, -0.2) is 10.9 Å². The second-order valence-corrected chi connectivity index (χ2v) is 6.76. The van der Waals surface area contributed by atoms with Crippen molar-refractivity contribution in [1.82, 2.24) is 4.98 Å². The van der Waals surface area contributed by atoms with Crippen molar-refractivity contribution < 1.29 is 9.21 Å². The molecule has 0 fully saturated rings. The van der Waals surface area contributed by atoms with E-state index >= 15 is 0 Å². The average molecular weight is 399 g/mol. The number of nitrogens with one attached hydrogen (secondary N) is 1. The highest BCUT2D eigenvalue weighted by Gasteiger charge is 2.14. The minimum absolute atomic E-state index is 0.240. The van der Waals surface area contributed by atoms with Crippen LogP contribution in [0.25, 0.3) is 22.0 Å². The summed E-state index contributed by atoms with van der Waals surface area (Å²) in [5.41, 5.74) is 1.89. The Bertz CT molecular complexity index is 1030. The van der Waals surface area contributed by atoms with Gasteiger partial charge >= 0.3 is 0 Å². The molecule has 0 aliphatic carbocycles. The predicted octanol–water partition coefficient (Wildman–Crippen LogP) is 5.57. The first-order chi connectivity index (χ1) is 11.7. The molecule has 0 radical (unpaired) electrons. The van der Waals surface area contributed by atoms with Crippen LogP contribution in [0.5, 0.6) is 0 Å². The zero-order valence-electron chi connectivity index (χ0n) is 12.3. The molecule has 1 amide bonds. The minimum atomic E-state index is -0.320. The second kappa shape index (κ2) is 6.22. The molecular weight excluding hydrogens is 388 g/mol. The van der Waals surface area contributed by atoms with E-state index in [4.69, 9.17) is 4.42 Å².